The van der Waals surface area contributed by atoms with Gasteiger partial charge >= 0.3 is 5.97 Å². The van der Waals surface area contributed by atoms with Crippen LogP contribution in [-0.2, 0) is 17.6 Å². The number of halogens is 1. The number of hydrogen-bond acceptors (Lipinski definition) is 2. The third kappa shape index (κ3) is 3.75. The van der Waals surface area contributed by atoms with Gasteiger partial charge in [-0.1, -0.05) is 36.4 Å². The highest BCUT2D eigenvalue weighted by Gasteiger charge is 2.08. The normalized spacial score (nSPS) is 10.2. The first kappa shape index (κ1) is 13.9. The molecule has 1 N–H and O–H groups in total. The zero-order valence-corrected chi connectivity index (χ0v) is 10.7. The SMILES string of the molecule is O=C(O)Cc1ccc(C(=O)Cc2ccc(F)cc2)cc1. The van der Waals surface area contributed by atoms with Crippen LogP contribution in [-0.4, -0.2) is 16.9 Å². The minimum Gasteiger partial charge on any atom is -0.481 e. The first-order valence-corrected chi connectivity index (χ1v) is 6.13. The smallest absolute Gasteiger partial charge is 0.307 e. The topological polar surface area (TPSA) is 54.4 Å². The minimum atomic E-state index is -0.907. The number of aliphatic carboxylic acids is 1. The molecule has 2 rings (SSSR count). The summed E-state index contributed by atoms with van der Waals surface area (Å²) >= 11 is 0. The van der Waals surface area contributed by atoms with Crippen molar-refractivity contribution in [2.45, 2.75) is 12.8 Å². The van der Waals surface area contributed by atoms with Gasteiger partial charge in [0, 0.05) is 12.0 Å². The van der Waals surface area contributed by atoms with Crippen molar-refractivity contribution in [3.8, 4) is 0 Å². The van der Waals surface area contributed by atoms with Crippen LogP contribution < -0.4 is 0 Å². The number of carbonyl (C=O) groups is 2. The second-order valence-electron chi connectivity index (χ2n) is 4.49. The Morgan fingerprint density at radius 2 is 1.35 bits per heavy atom. The Hall–Kier alpha value is -2.49. The molecular weight excluding hydrogens is 259 g/mol. The average molecular weight is 272 g/mol. The molecule has 0 heterocycles. The van der Waals surface area contributed by atoms with Crippen molar-refractivity contribution in [3.63, 3.8) is 0 Å². The minimum absolute atomic E-state index is 0.0631. The molecule has 0 radical (unpaired) electrons. The van der Waals surface area contributed by atoms with E-state index < -0.39 is 5.97 Å². The second-order valence-corrected chi connectivity index (χ2v) is 4.49. The van der Waals surface area contributed by atoms with Crippen molar-refractivity contribution in [1.82, 2.24) is 0 Å². The Morgan fingerprint density at radius 3 is 1.90 bits per heavy atom. The summed E-state index contributed by atoms with van der Waals surface area (Å²) in [4.78, 5) is 22.6. The van der Waals surface area contributed by atoms with Gasteiger partial charge in [-0.15, -0.1) is 0 Å². The maximum atomic E-state index is 12.8. The molecule has 2 aromatic rings. The first-order chi connectivity index (χ1) is 9.54. The molecule has 2 aromatic carbocycles. The summed E-state index contributed by atoms with van der Waals surface area (Å²) in [5.74, 6) is -1.33. The summed E-state index contributed by atoms with van der Waals surface area (Å²) in [5.41, 5.74) is 1.91. The van der Waals surface area contributed by atoms with Crippen LogP contribution in [0.25, 0.3) is 0 Å². The molecule has 0 aliphatic heterocycles. The Kier molecular flexibility index (Phi) is 4.25. The zero-order chi connectivity index (χ0) is 14.5. The van der Waals surface area contributed by atoms with Gasteiger partial charge in [-0.25, -0.2) is 4.39 Å². The quantitative estimate of drug-likeness (QED) is 0.851. The summed E-state index contributed by atoms with van der Waals surface area (Å²) in [6.07, 6.45) is 0.130. The van der Waals surface area contributed by atoms with Gasteiger partial charge < -0.3 is 5.11 Å². The van der Waals surface area contributed by atoms with E-state index >= 15 is 0 Å². The maximum Gasteiger partial charge on any atom is 0.307 e. The van der Waals surface area contributed by atoms with Crippen LogP contribution >= 0.6 is 0 Å². The second kappa shape index (κ2) is 6.10. The summed E-state index contributed by atoms with van der Waals surface area (Å²) in [7, 11) is 0. The van der Waals surface area contributed by atoms with Crippen LogP contribution in [0, 0.1) is 5.82 Å². The molecule has 0 unspecified atom stereocenters. The first-order valence-electron chi connectivity index (χ1n) is 6.13. The van der Waals surface area contributed by atoms with E-state index in [4.69, 9.17) is 5.11 Å². The highest BCUT2D eigenvalue weighted by atomic mass is 19.1. The van der Waals surface area contributed by atoms with Crippen LogP contribution in [0.5, 0.6) is 0 Å². The maximum absolute atomic E-state index is 12.8. The molecule has 0 saturated heterocycles. The predicted molar refractivity (Wildman–Crippen MR) is 72.2 cm³/mol. The van der Waals surface area contributed by atoms with E-state index in [0.29, 0.717) is 11.1 Å². The fourth-order valence-corrected chi connectivity index (χ4v) is 1.87. The van der Waals surface area contributed by atoms with E-state index in [2.05, 4.69) is 0 Å². The number of carbonyl (C=O) groups excluding carboxylic acids is 1. The van der Waals surface area contributed by atoms with Crippen molar-refractivity contribution < 1.29 is 19.1 Å². The standard InChI is InChI=1S/C16H13FO3/c17-14-7-3-11(4-8-14)9-15(18)13-5-1-12(2-6-13)10-16(19)20/h1-8H,9-10H2,(H,19,20). The van der Waals surface area contributed by atoms with E-state index in [9.17, 15) is 14.0 Å². The number of hydrogen-bond donors (Lipinski definition) is 1. The fraction of sp³-hybridized carbons (Fsp3) is 0.125. The van der Waals surface area contributed by atoms with Gasteiger partial charge in [-0.3, -0.25) is 9.59 Å². The van der Waals surface area contributed by atoms with Crippen molar-refractivity contribution in [2.75, 3.05) is 0 Å². The zero-order valence-electron chi connectivity index (χ0n) is 10.7. The van der Waals surface area contributed by atoms with E-state index in [1.54, 1.807) is 36.4 Å². The molecule has 0 spiro atoms. The predicted octanol–water partition coefficient (Wildman–Crippen LogP) is 2.88. The molecule has 3 nitrogen and oxygen atoms in total. The Morgan fingerprint density at radius 1 is 0.850 bits per heavy atom. The highest BCUT2D eigenvalue weighted by Crippen LogP contribution is 2.10. The Balaban J connectivity index is 2.05. The third-order valence-corrected chi connectivity index (χ3v) is 2.91. The molecule has 20 heavy (non-hydrogen) atoms. The van der Waals surface area contributed by atoms with Crippen LogP contribution in [0.15, 0.2) is 48.5 Å². The van der Waals surface area contributed by atoms with Gasteiger partial charge in [0.1, 0.15) is 5.82 Å². The fourth-order valence-electron chi connectivity index (χ4n) is 1.87. The highest BCUT2D eigenvalue weighted by molar-refractivity contribution is 5.97. The summed E-state index contributed by atoms with van der Waals surface area (Å²) in [6.45, 7) is 0. The molecule has 0 bridgehead atoms. The van der Waals surface area contributed by atoms with E-state index in [1.807, 2.05) is 0 Å². The number of ketones is 1. The lowest BCUT2D eigenvalue weighted by atomic mass is 10.0. The molecule has 0 atom stereocenters. The van der Waals surface area contributed by atoms with Gasteiger partial charge in [0.25, 0.3) is 0 Å². The van der Waals surface area contributed by atoms with E-state index in [-0.39, 0.29) is 24.4 Å². The van der Waals surface area contributed by atoms with Gasteiger partial charge in [0.05, 0.1) is 6.42 Å². The lowest BCUT2D eigenvalue weighted by Crippen LogP contribution is -2.05. The van der Waals surface area contributed by atoms with E-state index in [0.717, 1.165) is 5.56 Å². The van der Waals surface area contributed by atoms with Gasteiger partial charge in [-0.05, 0) is 23.3 Å². The molecule has 0 aliphatic carbocycles. The molecule has 4 heteroatoms. The molecule has 0 aromatic heterocycles. The van der Waals surface area contributed by atoms with Gasteiger partial charge in [0.15, 0.2) is 5.78 Å². The molecule has 102 valence electrons. The molecular formula is C16H13FO3. The monoisotopic (exact) mass is 272 g/mol. The van der Waals surface area contributed by atoms with Crippen LogP contribution in [0.1, 0.15) is 21.5 Å². The summed E-state index contributed by atoms with van der Waals surface area (Å²) in [6, 6.07) is 12.3. The van der Waals surface area contributed by atoms with Crippen molar-refractivity contribution in [2.24, 2.45) is 0 Å². The number of carboxylic acid groups (broad SMARTS) is 1. The van der Waals surface area contributed by atoms with Crippen LogP contribution in [0.2, 0.25) is 0 Å². The molecule has 0 saturated carbocycles. The largest absolute Gasteiger partial charge is 0.481 e. The lowest BCUT2D eigenvalue weighted by Gasteiger charge is -2.03. The third-order valence-electron chi connectivity index (χ3n) is 2.91. The number of carboxylic acids is 1. The lowest BCUT2D eigenvalue weighted by molar-refractivity contribution is -0.136. The van der Waals surface area contributed by atoms with Crippen molar-refractivity contribution in [1.29, 1.82) is 0 Å². The summed E-state index contributed by atoms with van der Waals surface area (Å²) < 4.78 is 12.8. The number of benzene rings is 2. The van der Waals surface area contributed by atoms with Crippen molar-refractivity contribution >= 4 is 11.8 Å². The number of Topliss-reactive ketones (excluding diaryl/α,β-unsaturated/α-hetero) is 1. The Labute approximate surface area is 115 Å². The van der Waals surface area contributed by atoms with Gasteiger partial charge in [-0.2, -0.15) is 0 Å². The molecule has 0 amide bonds. The Bertz CT molecular complexity index is 615. The van der Waals surface area contributed by atoms with Gasteiger partial charge in [0.2, 0.25) is 0 Å². The van der Waals surface area contributed by atoms with Crippen LogP contribution in [0.4, 0.5) is 4.39 Å². The average Bonchev–Trinajstić information content (AvgIpc) is 2.41. The van der Waals surface area contributed by atoms with Crippen molar-refractivity contribution in [3.05, 3.63) is 71.0 Å². The van der Waals surface area contributed by atoms with Crippen LogP contribution in [0.3, 0.4) is 0 Å². The number of rotatable bonds is 5. The molecule has 0 fully saturated rings. The summed E-state index contributed by atoms with van der Waals surface area (Å²) in [5, 5.41) is 8.67. The van der Waals surface area contributed by atoms with E-state index in [1.165, 1.54) is 12.1 Å². The molecule has 0 aliphatic rings.